The second kappa shape index (κ2) is 9.33. The number of carbonyl (C=O) groups excluding carboxylic acids is 1. The number of piperidine rings is 2. The Hall–Kier alpha value is 0.0800. The number of likely N-dealkylation sites (tertiary alicyclic amines) is 2. The van der Waals surface area contributed by atoms with Gasteiger partial charge in [0.05, 0.1) is 0 Å². The predicted octanol–water partition coefficient (Wildman–Crippen LogP) is 2.31. The SMILES string of the molecule is CC(C)C(=O)N1CCC(CN2CCC(N3CCN(I)CC3)CC2)CC1. The number of nitrogens with zero attached hydrogens (tertiary/aromatic N) is 4. The third-order valence-electron chi connectivity index (χ3n) is 6.27. The fourth-order valence-electron chi connectivity index (χ4n) is 4.60. The zero-order chi connectivity index (χ0) is 17.8. The minimum atomic E-state index is 0.143. The molecule has 3 aliphatic heterocycles. The van der Waals surface area contributed by atoms with E-state index in [-0.39, 0.29) is 5.92 Å². The largest absolute Gasteiger partial charge is 0.342 e. The molecule has 3 saturated heterocycles. The van der Waals surface area contributed by atoms with E-state index < -0.39 is 0 Å². The quantitative estimate of drug-likeness (QED) is 0.474. The Kier molecular flexibility index (Phi) is 7.40. The van der Waals surface area contributed by atoms with Gasteiger partial charge in [0, 0.05) is 80.6 Å². The summed E-state index contributed by atoms with van der Waals surface area (Å²) < 4.78 is 2.42. The van der Waals surface area contributed by atoms with Crippen LogP contribution in [0, 0.1) is 11.8 Å². The predicted molar refractivity (Wildman–Crippen MR) is 111 cm³/mol. The van der Waals surface area contributed by atoms with E-state index in [1.54, 1.807) is 0 Å². The Bertz CT molecular complexity index is 423. The van der Waals surface area contributed by atoms with Crippen LogP contribution < -0.4 is 0 Å². The Morgan fingerprint density at radius 3 is 2.08 bits per heavy atom. The molecule has 3 heterocycles. The third-order valence-corrected chi connectivity index (χ3v) is 7.23. The van der Waals surface area contributed by atoms with Crippen molar-refractivity contribution in [3.05, 3.63) is 0 Å². The fourth-order valence-corrected chi connectivity index (χ4v) is 5.03. The van der Waals surface area contributed by atoms with Crippen molar-refractivity contribution in [2.75, 3.05) is 58.9 Å². The summed E-state index contributed by atoms with van der Waals surface area (Å²) in [7, 11) is 0. The number of rotatable bonds is 4. The molecule has 0 N–H and O–H groups in total. The van der Waals surface area contributed by atoms with Gasteiger partial charge >= 0.3 is 0 Å². The van der Waals surface area contributed by atoms with Crippen molar-refractivity contribution >= 4 is 28.8 Å². The second-order valence-corrected chi connectivity index (χ2v) is 9.77. The van der Waals surface area contributed by atoms with Gasteiger partial charge in [0.2, 0.25) is 5.91 Å². The van der Waals surface area contributed by atoms with Crippen LogP contribution >= 0.6 is 22.9 Å². The standard InChI is InChI=1S/C19H35IN4O/c1-16(2)19(25)23-9-3-17(4-10-23)15-21-7-5-18(6-8-21)22-11-13-24(20)14-12-22/h16-18H,3-15H2,1-2H3. The summed E-state index contributed by atoms with van der Waals surface area (Å²) >= 11 is 2.45. The lowest BCUT2D eigenvalue weighted by molar-refractivity contribution is -0.135. The van der Waals surface area contributed by atoms with E-state index in [1.165, 1.54) is 71.5 Å². The van der Waals surface area contributed by atoms with Crippen LogP contribution in [0.1, 0.15) is 39.5 Å². The summed E-state index contributed by atoms with van der Waals surface area (Å²) in [6.45, 7) is 14.7. The lowest BCUT2D eigenvalue weighted by Gasteiger charge is -2.43. The van der Waals surface area contributed by atoms with Gasteiger partial charge in [-0.25, -0.2) is 3.11 Å². The molecule has 0 bridgehead atoms. The van der Waals surface area contributed by atoms with Crippen molar-refractivity contribution in [2.45, 2.75) is 45.6 Å². The number of amides is 1. The molecule has 5 nitrogen and oxygen atoms in total. The summed E-state index contributed by atoms with van der Waals surface area (Å²) in [4.78, 5) is 19.6. The molecule has 3 rings (SSSR count). The first-order valence-corrected chi connectivity index (χ1v) is 11.2. The van der Waals surface area contributed by atoms with E-state index in [1.807, 2.05) is 13.8 Å². The van der Waals surface area contributed by atoms with E-state index in [2.05, 4.69) is 40.7 Å². The number of hydrogen-bond acceptors (Lipinski definition) is 4. The van der Waals surface area contributed by atoms with Crippen molar-refractivity contribution < 1.29 is 4.79 Å². The van der Waals surface area contributed by atoms with Crippen LogP contribution in [-0.2, 0) is 4.79 Å². The van der Waals surface area contributed by atoms with Gasteiger partial charge in [0.1, 0.15) is 0 Å². The van der Waals surface area contributed by atoms with Crippen molar-refractivity contribution in [3.8, 4) is 0 Å². The topological polar surface area (TPSA) is 30.0 Å². The molecule has 3 fully saturated rings. The normalized spacial score (nSPS) is 26.5. The highest BCUT2D eigenvalue weighted by atomic mass is 127. The monoisotopic (exact) mass is 462 g/mol. The Morgan fingerprint density at radius 2 is 1.52 bits per heavy atom. The molecule has 0 atom stereocenters. The van der Waals surface area contributed by atoms with Crippen LogP contribution in [0.15, 0.2) is 0 Å². The van der Waals surface area contributed by atoms with Gasteiger partial charge in [-0.2, -0.15) is 0 Å². The van der Waals surface area contributed by atoms with Gasteiger partial charge in [-0.05, 0) is 44.7 Å². The van der Waals surface area contributed by atoms with Gasteiger partial charge < -0.3 is 9.80 Å². The molecule has 25 heavy (non-hydrogen) atoms. The van der Waals surface area contributed by atoms with Crippen LogP contribution in [0.2, 0.25) is 0 Å². The summed E-state index contributed by atoms with van der Waals surface area (Å²) in [5, 5.41) is 0. The molecule has 0 aromatic rings. The van der Waals surface area contributed by atoms with Crippen LogP contribution in [0.5, 0.6) is 0 Å². The molecule has 0 radical (unpaired) electrons. The molecule has 0 unspecified atom stereocenters. The van der Waals surface area contributed by atoms with Gasteiger partial charge in [0.15, 0.2) is 0 Å². The van der Waals surface area contributed by atoms with Crippen molar-refractivity contribution in [2.24, 2.45) is 11.8 Å². The highest BCUT2D eigenvalue weighted by molar-refractivity contribution is 14.1. The van der Waals surface area contributed by atoms with E-state index in [0.717, 1.165) is 25.0 Å². The van der Waals surface area contributed by atoms with Crippen LogP contribution in [-0.4, -0.2) is 88.7 Å². The summed E-state index contributed by atoms with van der Waals surface area (Å²) in [5.41, 5.74) is 0. The average molecular weight is 462 g/mol. The van der Waals surface area contributed by atoms with Crippen LogP contribution in [0.3, 0.4) is 0 Å². The molecule has 144 valence electrons. The molecular weight excluding hydrogens is 427 g/mol. The molecule has 0 aliphatic carbocycles. The van der Waals surface area contributed by atoms with Gasteiger partial charge in [-0.1, -0.05) is 13.8 Å². The first-order chi connectivity index (χ1) is 12.0. The average Bonchev–Trinajstić information content (AvgIpc) is 2.63. The molecule has 3 aliphatic rings. The summed E-state index contributed by atoms with van der Waals surface area (Å²) in [6, 6.07) is 0.812. The maximum Gasteiger partial charge on any atom is 0.225 e. The van der Waals surface area contributed by atoms with Crippen molar-refractivity contribution in [1.82, 2.24) is 17.8 Å². The lowest BCUT2D eigenvalue weighted by Crippen LogP contribution is -2.52. The van der Waals surface area contributed by atoms with E-state index in [4.69, 9.17) is 0 Å². The molecular formula is C19H35IN4O. The molecule has 0 saturated carbocycles. The Morgan fingerprint density at radius 1 is 0.920 bits per heavy atom. The van der Waals surface area contributed by atoms with E-state index >= 15 is 0 Å². The summed E-state index contributed by atoms with van der Waals surface area (Å²) in [6.07, 6.45) is 5.06. The molecule has 6 heteroatoms. The van der Waals surface area contributed by atoms with Crippen molar-refractivity contribution in [1.29, 1.82) is 0 Å². The van der Waals surface area contributed by atoms with Gasteiger partial charge in [-0.3, -0.25) is 9.69 Å². The van der Waals surface area contributed by atoms with Crippen LogP contribution in [0.25, 0.3) is 0 Å². The third kappa shape index (κ3) is 5.53. The van der Waals surface area contributed by atoms with Crippen molar-refractivity contribution in [3.63, 3.8) is 0 Å². The molecule has 0 aromatic heterocycles. The lowest BCUT2D eigenvalue weighted by atomic mass is 9.94. The zero-order valence-corrected chi connectivity index (χ0v) is 18.2. The molecule has 0 spiro atoms. The Labute approximate surface area is 167 Å². The number of carbonyl (C=O) groups is 1. The highest BCUT2D eigenvalue weighted by Crippen LogP contribution is 2.24. The maximum atomic E-state index is 12.1. The smallest absolute Gasteiger partial charge is 0.225 e. The first-order valence-electron chi connectivity index (χ1n) is 10.2. The summed E-state index contributed by atoms with van der Waals surface area (Å²) in [5.74, 6) is 1.27. The van der Waals surface area contributed by atoms with E-state index in [0.29, 0.717) is 5.91 Å². The maximum absolute atomic E-state index is 12.1. The number of hydrogen-bond donors (Lipinski definition) is 0. The van der Waals surface area contributed by atoms with Crippen LogP contribution in [0.4, 0.5) is 0 Å². The minimum absolute atomic E-state index is 0.143. The number of piperazine rings is 1. The highest BCUT2D eigenvalue weighted by Gasteiger charge is 2.29. The Balaban J connectivity index is 1.35. The fraction of sp³-hybridized carbons (Fsp3) is 0.947. The van der Waals surface area contributed by atoms with E-state index in [9.17, 15) is 4.79 Å². The van der Waals surface area contributed by atoms with Gasteiger partial charge in [0.25, 0.3) is 0 Å². The minimum Gasteiger partial charge on any atom is -0.342 e. The molecule has 1 amide bonds. The second-order valence-electron chi connectivity index (χ2n) is 8.40. The zero-order valence-electron chi connectivity index (χ0n) is 16.0. The van der Waals surface area contributed by atoms with Gasteiger partial charge in [-0.15, -0.1) is 0 Å². The molecule has 0 aromatic carbocycles. The number of halogens is 1. The first kappa shape index (κ1) is 19.8.